The minimum atomic E-state index is 0.763. The van der Waals surface area contributed by atoms with Crippen LogP contribution in [0.15, 0.2) is 0 Å². The summed E-state index contributed by atoms with van der Waals surface area (Å²) in [7, 11) is 0. The van der Waals surface area contributed by atoms with Gasteiger partial charge in [0.15, 0.2) is 0 Å². The van der Waals surface area contributed by atoms with Gasteiger partial charge in [-0.2, -0.15) is 0 Å². The van der Waals surface area contributed by atoms with Crippen molar-refractivity contribution < 1.29 is 0 Å². The lowest BCUT2D eigenvalue weighted by atomic mass is 10.2. The van der Waals surface area contributed by atoms with Crippen LogP contribution in [0.4, 0.5) is 0 Å². The smallest absolute Gasteiger partial charge is 0.0506 e. The van der Waals surface area contributed by atoms with Crippen molar-refractivity contribution in [2.45, 2.75) is 18.9 Å². The lowest BCUT2D eigenvalue weighted by Crippen LogP contribution is -2.44. The molecule has 1 atom stereocenters. The maximum Gasteiger partial charge on any atom is 0.0506 e. The van der Waals surface area contributed by atoms with Crippen LogP contribution in [0.3, 0.4) is 0 Å². The number of piperazine rings is 1. The van der Waals surface area contributed by atoms with Crippen molar-refractivity contribution in [2.75, 3.05) is 13.1 Å². The molecule has 0 aromatic heterocycles. The highest BCUT2D eigenvalue weighted by molar-refractivity contribution is 5.03. The fraction of sp³-hybridized carbons (Fsp3) is 0.833. The number of hydrogen-bond acceptors (Lipinski definition) is 2. The molecule has 0 saturated carbocycles. The normalized spacial score (nSPS) is 38.2. The second-order valence-electron chi connectivity index (χ2n) is 2.61. The van der Waals surface area contributed by atoms with Crippen molar-refractivity contribution in [1.82, 2.24) is 10.6 Å². The van der Waals surface area contributed by atoms with Crippen LogP contribution >= 0.6 is 0 Å². The van der Waals surface area contributed by atoms with E-state index in [1.54, 1.807) is 0 Å². The molecule has 2 heteroatoms. The summed E-state index contributed by atoms with van der Waals surface area (Å²) in [6.45, 7) is 2.28. The highest BCUT2D eigenvalue weighted by Crippen LogP contribution is 2.19. The summed E-state index contributed by atoms with van der Waals surface area (Å²) in [5, 5.41) is 6.79. The Labute approximate surface area is 49.7 Å². The van der Waals surface area contributed by atoms with Crippen LogP contribution in [0, 0.1) is 6.04 Å². The van der Waals surface area contributed by atoms with Crippen LogP contribution < -0.4 is 10.6 Å². The summed E-state index contributed by atoms with van der Waals surface area (Å²) < 4.78 is 0. The first kappa shape index (κ1) is 4.77. The van der Waals surface area contributed by atoms with E-state index in [2.05, 4.69) is 10.6 Å². The number of rotatable bonds is 0. The summed E-state index contributed by atoms with van der Waals surface area (Å²) >= 11 is 0. The zero-order chi connectivity index (χ0) is 5.40. The summed E-state index contributed by atoms with van der Waals surface area (Å²) in [6, 6.07) is 2.28. The first-order chi connectivity index (χ1) is 3.95. The Morgan fingerprint density at radius 1 is 1.50 bits per heavy atom. The van der Waals surface area contributed by atoms with Crippen molar-refractivity contribution in [3.63, 3.8) is 0 Å². The van der Waals surface area contributed by atoms with Crippen LogP contribution in [-0.4, -0.2) is 19.1 Å². The highest BCUT2D eigenvalue weighted by Gasteiger charge is 2.27. The molecule has 0 amide bonds. The molecular formula is C6H11N2. The fourth-order valence-corrected chi connectivity index (χ4v) is 1.47. The maximum absolute atomic E-state index is 3.44. The third-order valence-electron chi connectivity index (χ3n) is 1.93. The molecule has 0 aromatic carbocycles. The van der Waals surface area contributed by atoms with Crippen molar-refractivity contribution in [2.24, 2.45) is 0 Å². The van der Waals surface area contributed by atoms with Crippen molar-refractivity contribution >= 4 is 0 Å². The summed E-state index contributed by atoms with van der Waals surface area (Å²) in [5.41, 5.74) is 0. The van der Waals surface area contributed by atoms with Gasteiger partial charge in [-0.25, -0.2) is 0 Å². The Morgan fingerprint density at radius 2 is 2.50 bits per heavy atom. The van der Waals surface area contributed by atoms with E-state index in [1.165, 1.54) is 25.4 Å². The maximum atomic E-state index is 3.44. The second kappa shape index (κ2) is 1.71. The highest BCUT2D eigenvalue weighted by atomic mass is 15.1. The SMILES string of the molecule is C1CC2CNC[C]1N2. The van der Waals surface area contributed by atoms with Gasteiger partial charge >= 0.3 is 0 Å². The summed E-state index contributed by atoms with van der Waals surface area (Å²) in [5.74, 6) is 0. The predicted molar refractivity (Wildman–Crippen MR) is 32.3 cm³/mol. The van der Waals surface area contributed by atoms with Gasteiger partial charge in [-0.1, -0.05) is 0 Å². The second-order valence-corrected chi connectivity index (χ2v) is 2.61. The average Bonchev–Trinajstić information content (AvgIpc) is 2.12. The van der Waals surface area contributed by atoms with E-state index in [4.69, 9.17) is 0 Å². The van der Waals surface area contributed by atoms with Crippen molar-refractivity contribution in [3.05, 3.63) is 6.04 Å². The molecule has 2 nitrogen and oxygen atoms in total. The van der Waals surface area contributed by atoms with Crippen LogP contribution in [0.1, 0.15) is 12.8 Å². The first-order valence-electron chi connectivity index (χ1n) is 3.27. The Kier molecular flexibility index (Phi) is 1.02. The summed E-state index contributed by atoms with van der Waals surface area (Å²) in [4.78, 5) is 0. The molecule has 0 aromatic rings. The first-order valence-corrected chi connectivity index (χ1v) is 3.27. The third-order valence-corrected chi connectivity index (χ3v) is 1.93. The molecule has 2 bridgehead atoms. The van der Waals surface area contributed by atoms with Gasteiger partial charge < -0.3 is 10.6 Å². The van der Waals surface area contributed by atoms with Crippen LogP contribution in [0.25, 0.3) is 0 Å². The molecule has 2 rings (SSSR count). The lowest BCUT2D eigenvalue weighted by Gasteiger charge is -2.20. The molecule has 2 saturated heterocycles. The monoisotopic (exact) mass is 111 g/mol. The van der Waals surface area contributed by atoms with Gasteiger partial charge in [-0.05, 0) is 12.8 Å². The number of fused-ring (bicyclic) bond motifs is 2. The van der Waals surface area contributed by atoms with E-state index in [9.17, 15) is 0 Å². The van der Waals surface area contributed by atoms with Gasteiger partial charge in [0.05, 0.1) is 6.04 Å². The standard InChI is InChI=1S/C6H11N2/c1-2-6-4-7-3-5(1)8-6/h5,7-8H,1-4H2. The molecule has 0 aliphatic carbocycles. The number of hydrogen-bond donors (Lipinski definition) is 2. The predicted octanol–water partition coefficient (Wildman–Crippen LogP) is -0.126. The molecule has 2 N–H and O–H groups in total. The van der Waals surface area contributed by atoms with E-state index >= 15 is 0 Å². The minimum Gasteiger partial charge on any atom is -0.313 e. The van der Waals surface area contributed by atoms with Gasteiger partial charge in [-0.15, -0.1) is 0 Å². The summed E-state index contributed by atoms with van der Waals surface area (Å²) in [6.07, 6.45) is 2.65. The van der Waals surface area contributed by atoms with Gasteiger partial charge in [0.25, 0.3) is 0 Å². The van der Waals surface area contributed by atoms with Crippen molar-refractivity contribution in [3.8, 4) is 0 Å². The van der Waals surface area contributed by atoms with Crippen LogP contribution in [0.5, 0.6) is 0 Å². The Morgan fingerprint density at radius 3 is 3.25 bits per heavy atom. The average molecular weight is 111 g/mol. The molecule has 2 aliphatic heterocycles. The Balaban J connectivity index is 2.03. The van der Waals surface area contributed by atoms with E-state index in [1.807, 2.05) is 0 Å². The van der Waals surface area contributed by atoms with Gasteiger partial charge in [0.1, 0.15) is 0 Å². The Hall–Kier alpha value is -0.0800. The third kappa shape index (κ3) is 0.644. The minimum absolute atomic E-state index is 0.763. The Bertz CT molecular complexity index is 78.5. The largest absolute Gasteiger partial charge is 0.313 e. The molecular weight excluding hydrogens is 100 g/mol. The molecule has 45 valence electrons. The molecule has 2 aliphatic rings. The zero-order valence-corrected chi connectivity index (χ0v) is 4.91. The van der Waals surface area contributed by atoms with Gasteiger partial charge in [-0.3, -0.25) is 0 Å². The molecule has 2 heterocycles. The van der Waals surface area contributed by atoms with Gasteiger partial charge in [0, 0.05) is 19.1 Å². The molecule has 1 unspecified atom stereocenters. The number of nitrogens with one attached hydrogen (secondary N) is 2. The molecule has 1 radical (unpaired) electrons. The van der Waals surface area contributed by atoms with E-state index in [0.717, 1.165) is 12.6 Å². The topological polar surface area (TPSA) is 24.1 Å². The van der Waals surface area contributed by atoms with E-state index < -0.39 is 0 Å². The van der Waals surface area contributed by atoms with E-state index in [-0.39, 0.29) is 0 Å². The van der Waals surface area contributed by atoms with E-state index in [0.29, 0.717) is 0 Å². The fourth-order valence-electron chi connectivity index (χ4n) is 1.47. The molecule has 0 spiro atoms. The van der Waals surface area contributed by atoms with Gasteiger partial charge in [0.2, 0.25) is 0 Å². The lowest BCUT2D eigenvalue weighted by molar-refractivity contribution is 0.487. The molecule has 2 fully saturated rings. The van der Waals surface area contributed by atoms with Crippen LogP contribution in [0.2, 0.25) is 0 Å². The van der Waals surface area contributed by atoms with Crippen molar-refractivity contribution in [1.29, 1.82) is 0 Å². The zero-order valence-electron chi connectivity index (χ0n) is 4.91. The van der Waals surface area contributed by atoms with Crippen LogP contribution in [-0.2, 0) is 0 Å². The molecule has 8 heavy (non-hydrogen) atoms. The quantitative estimate of drug-likeness (QED) is 0.455.